The van der Waals surface area contributed by atoms with Crippen LogP contribution in [0.1, 0.15) is 65.2 Å². The lowest BCUT2D eigenvalue weighted by Gasteiger charge is -2.31. The smallest absolute Gasteiger partial charge is 0.305 e. The van der Waals surface area contributed by atoms with Crippen molar-refractivity contribution in [1.29, 1.82) is 0 Å². The van der Waals surface area contributed by atoms with Crippen LogP contribution < -0.4 is 0 Å². The molecule has 0 unspecified atom stereocenters. The van der Waals surface area contributed by atoms with Crippen LogP contribution in [0.3, 0.4) is 0 Å². The Morgan fingerprint density at radius 2 is 1.89 bits per heavy atom. The Bertz CT molecular complexity index is 235. The van der Waals surface area contributed by atoms with Crippen molar-refractivity contribution in [2.45, 2.75) is 65.2 Å². The van der Waals surface area contributed by atoms with Gasteiger partial charge in [-0.3, -0.25) is 4.79 Å². The van der Waals surface area contributed by atoms with Gasteiger partial charge in [-0.1, -0.05) is 26.2 Å². The van der Waals surface area contributed by atoms with Gasteiger partial charge in [0.15, 0.2) is 0 Å². The van der Waals surface area contributed by atoms with Gasteiger partial charge in [0, 0.05) is 6.42 Å². The number of likely N-dealkylation sites (tertiary alicyclic amines) is 1. The summed E-state index contributed by atoms with van der Waals surface area (Å²) in [6.07, 6.45) is 9.45. The maximum atomic E-state index is 11.2. The normalized spacial score (nSPS) is 17.6. The second-order valence-corrected chi connectivity index (χ2v) is 5.69. The molecule has 0 aromatic carbocycles. The second-order valence-electron chi connectivity index (χ2n) is 5.69. The Balaban J connectivity index is 1.95. The van der Waals surface area contributed by atoms with Crippen LogP contribution in [0.4, 0.5) is 0 Å². The van der Waals surface area contributed by atoms with Gasteiger partial charge in [0.05, 0.1) is 6.61 Å². The number of piperidine rings is 1. The van der Waals surface area contributed by atoms with Gasteiger partial charge in [-0.15, -0.1) is 0 Å². The third kappa shape index (κ3) is 7.56. The van der Waals surface area contributed by atoms with Crippen molar-refractivity contribution in [1.82, 2.24) is 4.90 Å². The Morgan fingerprint density at radius 3 is 2.53 bits per heavy atom. The molecule has 1 fully saturated rings. The molecular formula is C16H31NO2. The van der Waals surface area contributed by atoms with E-state index in [4.69, 9.17) is 4.74 Å². The SMILES string of the molecule is CCCC1CCN(CCCCCC(=O)OCC)CC1. The first-order valence-corrected chi connectivity index (χ1v) is 8.14. The van der Waals surface area contributed by atoms with E-state index in [9.17, 15) is 4.79 Å². The number of carbonyl (C=O) groups is 1. The van der Waals surface area contributed by atoms with E-state index < -0.39 is 0 Å². The molecule has 0 aromatic heterocycles. The lowest BCUT2D eigenvalue weighted by molar-refractivity contribution is -0.143. The monoisotopic (exact) mass is 269 g/mol. The summed E-state index contributed by atoms with van der Waals surface area (Å²) in [5.74, 6) is 0.938. The fourth-order valence-electron chi connectivity index (χ4n) is 2.92. The van der Waals surface area contributed by atoms with Crippen molar-refractivity contribution < 1.29 is 9.53 Å². The first kappa shape index (κ1) is 16.5. The number of rotatable bonds is 9. The summed E-state index contributed by atoms with van der Waals surface area (Å²) in [6.45, 7) is 8.42. The van der Waals surface area contributed by atoms with Gasteiger partial charge in [0.1, 0.15) is 0 Å². The third-order valence-corrected chi connectivity index (χ3v) is 4.06. The van der Waals surface area contributed by atoms with Crippen LogP contribution in [-0.4, -0.2) is 37.1 Å². The van der Waals surface area contributed by atoms with E-state index in [2.05, 4.69) is 11.8 Å². The molecule has 0 N–H and O–H groups in total. The number of unbranched alkanes of at least 4 members (excludes halogenated alkanes) is 2. The maximum absolute atomic E-state index is 11.2. The largest absolute Gasteiger partial charge is 0.466 e. The van der Waals surface area contributed by atoms with Gasteiger partial charge in [-0.05, 0) is 58.2 Å². The van der Waals surface area contributed by atoms with Crippen LogP contribution in [0.5, 0.6) is 0 Å². The van der Waals surface area contributed by atoms with Crippen LogP contribution in [0.15, 0.2) is 0 Å². The van der Waals surface area contributed by atoms with Crippen molar-refractivity contribution in [2.24, 2.45) is 5.92 Å². The van der Waals surface area contributed by atoms with Crippen molar-refractivity contribution in [2.75, 3.05) is 26.2 Å². The minimum absolute atomic E-state index is 0.0390. The van der Waals surface area contributed by atoms with Crippen LogP contribution in [-0.2, 0) is 9.53 Å². The molecule has 0 saturated carbocycles. The van der Waals surface area contributed by atoms with Gasteiger partial charge < -0.3 is 9.64 Å². The second kappa shape index (κ2) is 10.2. The number of esters is 1. The van der Waals surface area contributed by atoms with Gasteiger partial charge >= 0.3 is 5.97 Å². The highest BCUT2D eigenvalue weighted by atomic mass is 16.5. The number of hydrogen-bond donors (Lipinski definition) is 0. The van der Waals surface area contributed by atoms with Crippen molar-refractivity contribution in [3.05, 3.63) is 0 Å². The number of carbonyl (C=O) groups excluding carboxylic acids is 1. The van der Waals surface area contributed by atoms with E-state index in [-0.39, 0.29) is 5.97 Å². The summed E-state index contributed by atoms with van der Waals surface area (Å²) >= 11 is 0. The van der Waals surface area contributed by atoms with E-state index in [1.165, 1.54) is 51.7 Å². The Labute approximate surface area is 118 Å². The van der Waals surface area contributed by atoms with E-state index >= 15 is 0 Å². The summed E-state index contributed by atoms with van der Waals surface area (Å²) in [4.78, 5) is 13.8. The molecule has 1 aliphatic rings. The highest BCUT2D eigenvalue weighted by Gasteiger charge is 2.17. The van der Waals surface area contributed by atoms with Crippen molar-refractivity contribution in [3.8, 4) is 0 Å². The zero-order valence-corrected chi connectivity index (χ0v) is 12.8. The molecule has 1 heterocycles. The van der Waals surface area contributed by atoms with E-state index in [0.29, 0.717) is 13.0 Å². The molecule has 0 aliphatic carbocycles. The summed E-state index contributed by atoms with van der Waals surface area (Å²) in [5.41, 5.74) is 0. The standard InChI is InChI=1S/C16H31NO2/c1-3-8-15-10-13-17(14-11-15)12-7-5-6-9-16(18)19-4-2/h15H,3-14H2,1-2H3. The molecule has 112 valence electrons. The number of nitrogens with zero attached hydrogens (tertiary/aromatic N) is 1. The molecule has 0 atom stereocenters. The summed E-state index contributed by atoms with van der Waals surface area (Å²) in [6, 6.07) is 0. The average Bonchev–Trinajstić information content (AvgIpc) is 2.41. The summed E-state index contributed by atoms with van der Waals surface area (Å²) in [7, 11) is 0. The molecule has 1 saturated heterocycles. The molecule has 3 nitrogen and oxygen atoms in total. The minimum atomic E-state index is -0.0390. The maximum Gasteiger partial charge on any atom is 0.305 e. The molecule has 1 rings (SSSR count). The zero-order valence-electron chi connectivity index (χ0n) is 12.8. The van der Waals surface area contributed by atoms with E-state index in [0.717, 1.165) is 18.8 Å². The van der Waals surface area contributed by atoms with Gasteiger partial charge in [0.25, 0.3) is 0 Å². The Kier molecular flexibility index (Phi) is 8.89. The molecule has 0 amide bonds. The summed E-state index contributed by atoms with van der Waals surface area (Å²) in [5, 5.41) is 0. The molecule has 1 aliphatic heterocycles. The van der Waals surface area contributed by atoms with Gasteiger partial charge in [-0.2, -0.15) is 0 Å². The predicted octanol–water partition coefficient (Wildman–Crippen LogP) is 3.62. The molecular weight excluding hydrogens is 238 g/mol. The molecule has 0 spiro atoms. The van der Waals surface area contributed by atoms with E-state index in [1.807, 2.05) is 6.92 Å². The number of hydrogen-bond acceptors (Lipinski definition) is 3. The highest BCUT2D eigenvalue weighted by Crippen LogP contribution is 2.21. The number of ether oxygens (including phenoxy) is 1. The Hall–Kier alpha value is -0.570. The average molecular weight is 269 g/mol. The lowest BCUT2D eigenvalue weighted by Crippen LogP contribution is -2.34. The molecule has 3 heteroatoms. The zero-order chi connectivity index (χ0) is 13.9. The fraction of sp³-hybridized carbons (Fsp3) is 0.938. The van der Waals surface area contributed by atoms with Crippen molar-refractivity contribution >= 4 is 5.97 Å². The molecule has 0 radical (unpaired) electrons. The van der Waals surface area contributed by atoms with Crippen LogP contribution in [0, 0.1) is 5.92 Å². The predicted molar refractivity (Wildman–Crippen MR) is 79.2 cm³/mol. The van der Waals surface area contributed by atoms with Gasteiger partial charge in [0.2, 0.25) is 0 Å². The minimum Gasteiger partial charge on any atom is -0.466 e. The van der Waals surface area contributed by atoms with Crippen LogP contribution in [0.2, 0.25) is 0 Å². The highest BCUT2D eigenvalue weighted by molar-refractivity contribution is 5.69. The quantitative estimate of drug-likeness (QED) is 0.473. The summed E-state index contributed by atoms with van der Waals surface area (Å²) < 4.78 is 4.92. The van der Waals surface area contributed by atoms with Crippen molar-refractivity contribution in [3.63, 3.8) is 0 Å². The van der Waals surface area contributed by atoms with Crippen LogP contribution >= 0.6 is 0 Å². The first-order chi connectivity index (χ1) is 9.26. The molecule has 19 heavy (non-hydrogen) atoms. The third-order valence-electron chi connectivity index (χ3n) is 4.06. The lowest BCUT2D eigenvalue weighted by atomic mass is 9.92. The topological polar surface area (TPSA) is 29.5 Å². The van der Waals surface area contributed by atoms with Gasteiger partial charge in [-0.25, -0.2) is 0 Å². The Morgan fingerprint density at radius 1 is 1.16 bits per heavy atom. The van der Waals surface area contributed by atoms with E-state index in [1.54, 1.807) is 0 Å². The van der Waals surface area contributed by atoms with Crippen LogP contribution in [0.25, 0.3) is 0 Å². The fourth-order valence-corrected chi connectivity index (χ4v) is 2.92. The molecule has 0 aromatic rings. The molecule has 0 bridgehead atoms. The first-order valence-electron chi connectivity index (χ1n) is 8.14.